The maximum absolute atomic E-state index is 13.3. The number of rotatable bonds is 3. The number of nitrogens with two attached hydrogens (primary N) is 1. The summed E-state index contributed by atoms with van der Waals surface area (Å²) in [5, 5.41) is 13.0. The molecule has 2 heterocycles. The molecule has 0 saturated carbocycles. The number of hydrogen-bond acceptors (Lipinski definition) is 3. The fourth-order valence-electron chi connectivity index (χ4n) is 3.03. The Kier molecular flexibility index (Phi) is 5.33. The molecule has 1 unspecified atom stereocenters. The van der Waals surface area contributed by atoms with Crippen molar-refractivity contribution in [3.05, 3.63) is 34.8 Å². The number of aromatic nitrogens is 3. The normalized spacial score (nSPS) is 15.0. The molecule has 146 valence electrons. The Morgan fingerprint density at radius 3 is 2.81 bits per heavy atom. The van der Waals surface area contributed by atoms with E-state index in [1.807, 2.05) is 6.92 Å². The van der Waals surface area contributed by atoms with Crippen LogP contribution in [0.5, 0.6) is 0 Å². The summed E-state index contributed by atoms with van der Waals surface area (Å²) in [6.07, 6.45) is -1.17. The van der Waals surface area contributed by atoms with Crippen molar-refractivity contribution in [1.29, 1.82) is 0 Å². The maximum Gasteiger partial charge on any atom is 0.433 e. The van der Waals surface area contributed by atoms with Crippen LogP contribution in [0.4, 0.5) is 23.7 Å². The summed E-state index contributed by atoms with van der Waals surface area (Å²) in [5.41, 5.74) is 0.0493. The molecule has 3 rings (SSSR count). The molecule has 0 spiro atoms. The van der Waals surface area contributed by atoms with Gasteiger partial charge in [-0.2, -0.15) is 18.3 Å². The van der Waals surface area contributed by atoms with Gasteiger partial charge in [0.25, 0.3) is 0 Å². The van der Waals surface area contributed by atoms with Crippen molar-refractivity contribution < 1.29 is 18.0 Å². The molecule has 2 aromatic rings. The van der Waals surface area contributed by atoms with Gasteiger partial charge in [0.15, 0.2) is 0 Å². The number of amides is 2. The molecule has 0 aliphatic heterocycles. The minimum absolute atomic E-state index is 0.112. The lowest BCUT2D eigenvalue weighted by Crippen LogP contribution is -2.18. The molecular formula is C16H19F3N6OS. The van der Waals surface area contributed by atoms with Crippen LogP contribution in [0.15, 0.2) is 21.7 Å². The van der Waals surface area contributed by atoms with Gasteiger partial charge in [-0.05, 0) is 44.7 Å². The third-order valence-corrected chi connectivity index (χ3v) is 5.31. The SMILES string of the molecule is CCn1ccc(/S(N)=N\C(=O)Nc2c(C)c(C(F)(F)F)nc3c2CCC3)n1. The van der Waals surface area contributed by atoms with E-state index >= 15 is 0 Å². The molecule has 0 radical (unpaired) electrons. The van der Waals surface area contributed by atoms with Gasteiger partial charge in [-0.3, -0.25) is 9.82 Å². The fourth-order valence-corrected chi connectivity index (χ4v) is 3.73. The van der Waals surface area contributed by atoms with Crippen molar-refractivity contribution in [2.24, 2.45) is 9.50 Å². The van der Waals surface area contributed by atoms with E-state index in [1.54, 1.807) is 16.9 Å². The highest BCUT2D eigenvalue weighted by atomic mass is 32.2. The van der Waals surface area contributed by atoms with E-state index in [9.17, 15) is 18.0 Å². The molecule has 1 atom stereocenters. The predicted molar refractivity (Wildman–Crippen MR) is 95.2 cm³/mol. The van der Waals surface area contributed by atoms with Crippen molar-refractivity contribution in [2.75, 3.05) is 5.32 Å². The molecule has 0 fully saturated rings. The van der Waals surface area contributed by atoms with Crippen LogP contribution in [0.2, 0.25) is 0 Å². The first-order valence-corrected chi connectivity index (χ1v) is 9.59. The van der Waals surface area contributed by atoms with Crippen LogP contribution in [-0.2, 0) is 36.4 Å². The van der Waals surface area contributed by atoms with Gasteiger partial charge in [0.05, 0.1) is 5.69 Å². The van der Waals surface area contributed by atoms with E-state index in [0.29, 0.717) is 42.1 Å². The average Bonchev–Trinajstić information content (AvgIpc) is 3.24. The van der Waals surface area contributed by atoms with Gasteiger partial charge >= 0.3 is 12.2 Å². The van der Waals surface area contributed by atoms with Crippen LogP contribution in [0, 0.1) is 6.92 Å². The lowest BCUT2D eigenvalue weighted by Gasteiger charge is -2.17. The largest absolute Gasteiger partial charge is 0.433 e. The molecule has 1 aliphatic rings. The summed E-state index contributed by atoms with van der Waals surface area (Å²) < 4.78 is 45.3. The zero-order valence-electron chi connectivity index (χ0n) is 14.8. The summed E-state index contributed by atoms with van der Waals surface area (Å²) >= 11 is 0. The van der Waals surface area contributed by atoms with Gasteiger partial charge in [0.2, 0.25) is 0 Å². The van der Waals surface area contributed by atoms with Crippen molar-refractivity contribution in [3.63, 3.8) is 0 Å². The summed E-state index contributed by atoms with van der Waals surface area (Å²) in [7, 11) is -1.30. The summed E-state index contributed by atoms with van der Waals surface area (Å²) in [6, 6.07) is 0.851. The highest BCUT2D eigenvalue weighted by Gasteiger charge is 2.37. The number of urea groups is 1. The molecule has 27 heavy (non-hydrogen) atoms. The van der Waals surface area contributed by atoms with Crippen molar-refractivity contribution in [3.8, 4) is 0 Å². The Labute approximate surface area is 156 Å². The number of aryl methyl sites for hydroxylation is 2. The first-order chi connectivity index (χ1) is 12.7. The third kappa shape index (κ3) is 4.03. The molecule has 2 amide bonds. The Morgan fingerprint density at radius 2 is 2.19 bits per heavy atom. The second kappa shape index (κ2) is 7.39. The number of hydrogen-bond donors (Lipinski definition) is 2. The first-order valence-electron chi connectivity index (χ1n) is 8.35. The number of alkyl halides is 3. The van der Waals surface area contributed by atoms with E-state index in [4.69, 9.17) is 5.14 Å². The van der Waals surface area contributed by atoms with Crippen LogP contribution >= 0.6 is 0 Å². The van der Waals surface area contributed by atoms with E-state index in [1.165, 1.54) is 6.92 Å². The number of nitrogens with zero attached hydrogens (tertiary/aromatic N) is 4. The first kappa shape index (κ1) is 19.5. The number of anilines is 1. The Bertz CT molecular complexity index is 922. The van der Waals surface area contributed by atoms with Gasteiger partial charge in [0, 0.05) is 34.9 Å². The number of halogens is 3. The topological polar surface area (TPSA) is 98.2 Å². The predicted octanol–water partition coefficient (Wildman–Crippen LogP) is 3.38. The van der Waals surface area contributed by atoms with Crippen LogP contribution < -0.4 is 10.5 Å². The minimum Gasteiger partial charge on any atom is -0.305 e. The van der Waals surface area contributed by atoms with Crippen LogP contribution in [-0.4, -0.2) is 20.8 Å². The number of carbonyl (C=O) groups excluding carboxylic acids is 1. The monoisotopic (exact) mass is 400 g/mol. The molecule has 0 aromatic carbocycles. The van der Waals surface area contributed by atoms with Crippen LogP contribution in [0.3, 0.4) is 0 Å². The lowest BCUT2D eigenvalue weighted by atomic mass is 10.1. The molecule has 11 heteroatoms. The standard InChI is InChI=1S/C16H19F3N6OS/c1-3-25-8-7-12(23-25)27(20)24-15(26)22-13-9(2)14(16(17,18)19)21-11-6-4-5-10(11)13/h7-8H,3-6H2,1-2H3,(H3,20,21,22,24,26). The van der Waals surface area contributed by atoms with Gasteiger partial charge in [-0.15, -0.1) is 4.36 Å². The number of fused-ring (bicyclic) bond motifs is 1. The molecule has 2 aromatic heterocycles. The molecule has 1 aliphatic carbocycles. The van der Waals surface area contributed by atoms with Crippen molar-refractivity contribution in [1.82, 2.24) is 14.8 Å². The van der Waals surface area contributed by atoms with E-state index < -0.39 is 28.8 Å². The molecule has 3 N–H and O–H groups in total. The van der Waals surface area contributed by atoms with Gasteiger partial charge in [-0.1, -0.05) is 0 Å². The Morgan fingerprint density at radius 1 is 1.44 bits per heavy atom. The van der Waals surface area contributed by atoms with Crippen molar-refractivity contribution >= 4 is 22.6 Å². The van der Waals surface area contributed by atoms with E-state index in [-0.39, 0.29) is 11.3 Å². The van der Waals surface area contributed by atoms with E-state index in [0.717, 1.165) is 0 Å². The number of pyridine rings is 1. The molecule has 0 bridgehead atoms. The van der Waals surface area contributed by atoms with Gasteiger partial charge in [-0.25, -0.2) is 9.78 Å². The summed E-state index contributed by atoms with van der Waals surface area (Å²) in [4.78, 5) is 16.1. The van der Waals surface area contributed by atoms with Gasteiger partial charge in [0.1, 0.15) is 10.7 Å². The van der Waals surface area contributed by atoms with Crippen LogP contribution in [0.25, 0.3) is 0 Å². The number of carbonyl (C=O) groups is 1. The second-order valence-electron chi connectivity index (χ2n) is 6.08. The van der Waals surface area contributed by atoms with E-state index in [2.05, 4.69) is 19.8 Å². The Balaban J connectivity index is 1.92. The molecule has 7 nitrogen and oxygen atoms in total. The zero-order chi connectivity index (χ0) is 19.8. The average molecular weight is 400 g/mol. The van der Waals surface area contributed by atoms with Gasteiger partial charge < -0.3 is 5.32 Å². The summed E-state index contributed by atoms with van der Waals surface area (Å²) in [6.45, 7) is 3.85. The highest BCUT2D eigenvalue weighted by Crippen LogP contribution is 2.38. The van der Waals surface area contributed by atoms with Crippen LogP contribution in [0.1, 0.15) is 35.9 Å². The maximum atomic E-state index is 13.3. The summed E-state index contributed by atoms with van der Waals surface area (Å²) in [5.74, 6) is 0. The highest BCUT2D eigenvalue weighted by molar-refractivity contribution is 7.85. The zero-order valence-corrected chi connectivity index (χ0v) is 15.6. The number of nitrogens with one attached hydrogen (secondary N) is 1. The Hall–Kier alpha value is -2.27. The molecular weight excluding hydrogens is 381 g/mol. The second-order valence-corrected chi connectivity index (χ2v) is 7.31. The third-order valence-electron chi connectivity index (χ3n) is 4.30. The van der Waals surface area contributed by atoms with Crippen molar-refractivity contribution in [2.45, 2.75) is 50.9 Å². The molecule has 0 saturated heterocycles. The lowest BCUT2D eigenvalue weighted by molar-refractivity contribution is -0.141. The smallest absolute Gasteiger partial charge is 0.305 e. The minimum atomic E-state index is -4.59. The quantitative estimate of drug-likeness (QED) is 0.825. The fraction of sp³-hybridized carbons (Fsp3) is 0.438.